The first-order chi connectivity index (χ1) is 14.7. The van der Waals surface area contributed by atoms with Gasteiger partial charge in [0.05, 0.1) is 13.2 Å². The summed E-state index contributed by atoms with van der Waals surface area (Å²) < 4.78 is 6.84. The zero-order valence-corrected chi connectivity index (χ0v) is 19.2. The highest BCUT2D eigenvalue weighted by Crippen LogP contribution is 2.30. The number of carbonyl (C=O) groups excluding carboxylic acids is 3. The molecule has 0 aliphatic heterocycles. The monoisotopic (exact) mass is 425 g/mol. The van der Waals surface area contributed by atoms with Crippen LogP contribution in [0.3, 0.4) is 0 Å². The van der Waals surface area contributed by atoms with Crippen molar-refractivity contribution in [3.05, 3.63) is 51.8 Å². The fraction of sp³-hybridized carbons (Fsp3) is 0.458. The van der Waals surface area contributed by atoms with Crippen LogP contribution in [0.4, 0.5) is 10.5 Å². The topological polar surface area (TPSA) is 80.6 Å². The highest BCUT2D eigenvalue weighted by atomic mass is 16.5. The Morgan fingerprint density at radius 3 is 2.42 bits per heavy atom. The zero-order valence-electron chi connectivity index (χ0n) is 19.2. The Balaban J connectivity index is 1.83. The van der Waals surface area contributed by atoms with Crippen molar-refractivity contribution in [3.8, 4) is 0 Å². The number of nitrogens with one attached hydrogen (secondary N) is 1. The van der Waals surface area contributed by atoms with Crippen LogP contribution in [0.5, 0.6) is 0 Å². The van der Waals surface area contributed by atoms with Crippen LogP contribution >= 0.6 is 0 Å². The lowest BCUT2D eigenvalue weighted by atomic mass is 10.1. The Labute approximate surface area is 183 Å². The lowest BCUT2D eigenvalue weighted by molar-refractivity contribution is 0.0514. The number of hydrogen-bond acceptors (Lipinski definition) is 4. The maximum Gasteiger partial charge on any atom is 0.355 e. The molecule has 1 saturated carbocycles. The zero-order chi connectivity index (χ0) is 22.9. The number of benzene rings is 1. The van der Waals surface area contributed by atoms with Crippen LogP contribution in [-0.4, -0.2) is 46.4 Å². The lowest BCUT2D eigenvalue weighted by Crippen LogP contribution is -2.40. The molecule has 0 spiro atoms. The van der Waals surface area contributed by atoms with Gasteiger partial charge in [-0.3, -0.25) is 4.79 Å². The van der Waals surface area contributed by atoms with Crippen molar-refractivity contribution in [2.75, 3.05) is 18.5 Å². The first-order valence-electron chi connectivity index (χ1n) is 10.7. The molecule has 7 nitrogen and oxygen atoms in total. The molecule has 1 N–H and O–H groups in total. The van der Waals surface area contributed by atoms with Crippen LogP contribution in [0.2, 0.25) is 0 Å². The van der Waals surface area contributed by atoms with E-state index in [1.54, 1.807) is 37.3 Å². The molecule has 0 saturated heterocycles. The minimum Gasteiger partial charge on any atom is -0.461 e. The van der Waals surface area contributed by atoms with Gasteiger partial charge in [0.1, 0.15) is 5.69 Å². The molecule has 2 aromatic rings. The van der Waals surface area contributed by atoms with Gasteiger partial charge in [-0.1, -0.05) is 12.1 Å². The number of ketones is 1. The number of Topliss-reactive ketones (excluding diaryl/α,β-unsaturated/α-hetero) is 1. The summed E-state index contributed by atoms with van der Waals surface area (Å²) in [6.45, 7) is 9.50. The van der Waals surface area contributed by atoms with Gasteiger partial charge in [-0.05, 0) is 70.2 Å². The van der Waals surface area contributed by atoms with Crippen LogP contribution < -0.4 is 5.32 Å². The highest BCUT2D eigenvalue weighted by Gasteiger charge is 2.35. The smallest absolute Gasteiger partial charge is 0.355 e. The third-order valence-electron chi connectivity index (χ3n) is 6.09. The van der Waals surface area contributed by atoms with Crippen LogP contribution in [0.25, 0.3) is 0 Å². The van der Waals surface area contributed by atoms with Crippen LogP contribution in [0.15, 0.2) is 18.2 Å². The summed E-state index contributed by atoms with van der Waals surface area (Å²) in [5.41, 5.74) is 4.99. The number of rotatable bonds is 7. The van der Waals surface area contributed by atoms with Gasteiger partial charge in [0, 0.05) is 30.0 Å². The minimum atomic E-state index is -0.448. The fourth-order valence-corrected chi connectivity index (χ4v) is 3.94. The van der Waals surface area contributed by atoms with Crippen LogP contribution in [-0.2, 0) is 11.8 Å². The molecule has 0 radical (unpaired) electrons. The molecule has 1 heterocycles. The quantitative estimate of drug-likeness (QED) is 0.529. The number of carbonyl (C=O) groups is 3. The normalized spacial score (nSPS) is 13.1. The molecule has 1 aliphatic rings. The Morgan fingerprint density at radius 2 is 1.81 bits per heavy atom. The predicted molar refractivity (Wildman–Crippen MR) is 120 cm³/mol. The van der Waals surface area contributed by atoms with E-state index in [0.29, 0.717) is 22.5 Å². The second-order valence-electron chi connectivity index (χ2n) is 8.17. The first kappa shape index (κ1) is 22.6. The van der Waals surface area contributed by atoms with Gasteiger partial charge >= 0.3 is 12.0 Å². The van der Waals surface area contributed by atoms with Crippen molar-refractivity contribution in [1.82, 2.24) is 9.47 Å². The molecule has 1 aliphatic carbocycles. The third-order valence-corrected chi connectivity index (χ3v) is 6.09. The number of aryl methyl sites for hydroxylation is 1. The number of nitrogens with zero attached hydrogens (tertiary/aromatic N) is 2. The summed E-state index contributed by atoms with van der Waals surface area (Å²) >= 11 is 0. The van der Waals surface area contributed by atoms with E-state index in [2.05, 4.69) is 5.32 Å². The van der Waals surface area contributed by atoms with Crippen molar-refractivity contribution in [2.24, 2.45) is 7.05 Å². The fourth-order valence-electron chi connectivity index (χ4n) is 3.94. The second kappa shape index (κ2) is 8.96. The molecule has 31 heavy (non-hydrogen) atoms. The second-order valence-corrected chi connectivity index (χ2v) is 8.17. The molecule has 0 unspecified atom stereocenters. The molecule has 0 bridgehead atoms. The number of ether oxygens (including phenoxy) is 1. The maximum atomic E-state index is 13.3. The van der Waals surface area contributed by atoms with Crippen LogP contribution in [0.1, 0.15) is 63.0 Å². The largest absolute Gasteiger partial charge is 0.461 e. The average Bonchev–Trinajstić information content (AvgIpc) is 3.51. The summed E-state index contributed by atoms with van der Waals surface area (Å²) in [4.78, 5) is 40.3. The van der Waals surface area contributed by atoms with Gasteiger partial charge in [0.2, 0.25) is 0 Å². The van der Waals surface area contributed by atoms with E-state index in [0.717, 1.165) is 29.7 Å². The van der Waals surface area contributed by atoms with Gasteiger partial charge in [-0.15, -0.1) is 0 Å². The molecule has 0 atom stereocenters. The number of urea groups is 1. The van der Waals surface area contributed by atoms with Gasteiger partial charge in [-0.25, -0.2) is 9.59 Å². The summed E-state index contributed by atoms with van der Waals surface area (Å²) in [6.07, 6.45) is 1.77. The highest BCUT2D eigenvalue weighted by molar-refractivity contribution is 6.05. The van der Waals surface area contributed by atoms with Crippen molar-refractivity contribution in [2.45, 2.75) is 53.5 Å². The maximum absolute atomic E-state index is 13.3. The molecule has 3 rings (SSSR count). The number of anilines is 1. The standard InChI is InChI=1S/C24H31N3O4/c1-7-31-23(29)22-16(4)21(17(5)26(22)6)20(28)13-27(18-11-12-18)24(30)25-19-10-8-9-14(2)15(19)3/h8-10,18H,7,11-13H2,1-6H3,(H,25,30). The summed E-state index contributed by atoms with van der Waals surface area (Å²) in [6, 6.07) is 5.54. The number of amides is 2. The van der Waals surface area contributed by atoms with E-state index in [-0.39, 0.29) is 31.0 Å². The minimum absolute atomic E-state index is 0.0324. The molecular formula is C24H31N3O4. The Morgan fingerprint density at radius 1 is 1.13 bits per heavy atom. The molecule has 1 aromatic heterocycles. The van der Waals surface area contributed by atoms with Crippen molar-refractivity contribution < 1.29 is 19.1 Å². The van der Waals surface area contributed by atoms with Crippen molar-refractivity contribution in [3.63, 3.8) is 0 Å². The summed E-state index contributed by atoms with van der Waals surface area (Å²) in [5, 5.41) is 2.97. The van der Waals surface area contributed by atoms with E-state index in [4.69, 9.17) is 4.74 Å². The van der Waals surface area contributed by atoms with E-state index in [9.17, 15) is 14.4 Å². The number of esters is 1. The summed E-state index contributed by atoms with van der Waals surface area (Å²) in [7, 11) is 1.75. The Kier molecular flexibility index (Phi) is 6.53. The van der Waals surface area contributed by atoms with Crippen molar-refractivity contribution >= 4 is 23.5 Å². The molecule has 7 heteroatoms. The average molecular weight is 426 g/mol. The Bertz CT molecular complexity index is 1030. The van der Waals surface area contributed by atoms with Gasteiger partial charge in [-0.2, -0.15) is 0 Å². The van der Waals surface area contributed by atoms with E-state index in [1.165, 1.54) is 0 Å². The molecule has 2 amide bonds. The van der Waals surface area contributed by atoms with E-state index < -0.39 is 5.97 Å². The summed E-state index contributed by atoms with van der Waals surface area (Å²) in [5.74, 6) is -0.625. The Hall–Kier alpha value is -3.09. The first-order valence-corrected chi connectivity index (χ1v) is 10.7. The van der Waals surface area contributed by atoms with E-state index in [1.807, 2.05) is 32.0 Å². The predicted octanol–water partition coefficient (Wildman–Crippen LogP) is 4.31. The molecule has 1 aromatic carbocycles. The molecule has 1 fully saturated rings. The van der Waals surface area contributed by atoms with Gasteiger partial charge < -0.3 is 19.5 Å². The van der Waals surface area contributed by atoms with Gasteiger partial charge in [0.25, 0.3) is 0 Å². The number of hydrogen-bond donors (Lipinski definition) is 1. The lowest BCUT2D eigenvalue weighted by Gasteiger charge is -2.23. The SMILES string of the molecule is CCOC(=O)c1c(C)c(C(=O)CN(C(=O)Nc2cccc(C)c2C)C2CC2)c(C)n1C. The number of aromatic nitrogens is 1. The van der Waals surface area contributed by atoms with Gasteiger partial charge in [0.15, 0.2) is 5.78 Å². The van der Waals surface area contributed by atoms with Crippen LogP contribution in [0, 0.1) is 27.7 Å². The van der Waals surface area contributed by atoms with Crippen molar-refractivity contribution in [1.29, 1.82) is 0 Å². The third kappa shape index (κ3) is 4.50. The molecular weight excluding hydrogens is 394 g/mol. The van der Waals surface area contributed by atoms with E-state index >= 15 is 0 Å². The molecule has 166 valence electrons.